The van der Waals surface area contributed by atoms with E-state index in [-0.39, 0.29) is 5.69 Å². The standard InChI is InChI=1S/C18H17BrF3NO2/c1-11(2)10-25-16-7-6-12(8-15(16)19)17(24)23-14-5-3-4-13(9-14)18(20,21)22/h3-9,11H,10H2,1-2H3,(H,23,24). The number of alkyl halides is 3. The normalized spacial score (nSPS) is 11.5. The number of anilines is 1. The third-order valence-electron chi connectivity index (χ3n) is 3.21. The van der Waals surface area contributed by atoms with Crippen LogP contribution in [-0.2, 0) is 6.18 Å². The minimum Gasteiger partial charge on any atom is -0.492 e. The van der Waals surface area contributed by atoms with Crippen molar-refractivity contribution in [1.82, 2.24) is 0 Å². The first-order valence-corrected chi connectivity index (χ1v) is 8.37. The van der Waals surface area contributed by atoms with Crippen molar-refractivity contribution < 1.29 is 22.7 Å². The molecule has 0 aromatic heterocycles. The molecule has 0 atom stereocenters. The number of hydrogen-bond donors (Lipinski definition) is 1. The number of halogens is 4. The molecule has 0 aliphatic rings. The maximum atomic E-state index is 12.7. The molecule has 0 heterocycles. The second-order valence-electron chi connectivity index (χ2n) is 5.88. The van der Waals surface area contributed by atoms with Crippen LogP contribution in [0.15, 0.2) is 46.9 Å². The van der Waals surface area contributed by atoms with Crippen LogP contribution in [0.1, 0.15) is 29.8 Å². The van der Waals surface area contributed by atoms with Gasteiger partial charge in [0.15, 0.2) is 0 Å². The summed E-state index contributed by atoms with van der Waals surface area (Å²) in [6.07, 6.45) is -4.46. The maximum absolute atomic E-state index is 12.7. The summed E-state index contributed by atoms with van der Waals surface area (Å²) in [5, 5.41) is 2.47. The molecule has 0 aliphatic carbocycles. The SMILES string of the molecule is CC(C)COc1ccc(C(=O)Nc2cccc(C(F)(F)F)c2)cc1Br. The Labute approximate surface area is 152 Å². The molecule has 0 aliphatic heterocycles. The Kier molecular flexibility index (Phi) is 6.11. The lowest BCUT2D eigenvalue weighted by atomic mass is 10.1. The van der Waals surface area contributed by atoms with Crippen LogP contribution in [0.4, 0.5) is 18.9 Å². The van der Waals surface area contributed by atoms with Gasteiger partial charge < -0.3 is 10.1 Å². The number of benzene rings is 2. The van der Waals surface area contributed by atoms with Crippen molar-refractivity contribution in [2.24, 2.45) is 5.92 Å². The summed E-state index contributed by atoms with van der Waals surface area (Å²) in [5.74, 6) is 0.454. The van der Waals surface area contributed by atoms with Gasteiger partial charge in [-0.25, -0.2) is 0 Å². The number of carbonyl (C=O) groups excluding carboxylic acids is 1. The summed E-state index contributed by atoms with van der Waals surface area (Å²) >= 11 is 3.33. The fourth-order valence-electron chi connectivity index (χ4n) is 1.99. The van der Waals surface area contributed by atoms with Crippen LogP contribution in [0.5, 0.6) is 5.75 Å². The highest BCUT2D eigenvalue weighted by Crippen LogP contribution is 2.31. The highest BCUT2D eigenvalue weighted by Gasteiger charge is 2.30. The molecule has 0 bridgehead atoms. The van der Waals surface area contributed by atoms with E-state index >= 15 is 0 Å². The van der Waals surface area contributed by atoms with Gasteiger partial charge in [0.25, 0.3) is 5.91 Å². The number of hydrogen-bond acceptors (Lipinski definition) is 2. The van der Waals surface area contributed by atoms with E-state index in [0.717, 1.165) is 12.1 Å². The Balaban J connectivity index is 2.12. The van der Waals surface area contributed by atoms with E-state index in [0.29, 0.717) is 28.3 Å². The van der Waals surface area contributed by atoms with Gasteiger partial charge in [0.1, 0.15) is 5.75 Å². The number of rotatable bonds is 5. The number of carbonyl (C=O) groups is 1. The Morgan fingerprint density at radius 3 is 2.52 bits per heavy atom. The van der Waals surface area contributed by atoms with E-state index < -0.39 is 17.6 Å². The van der Waals surface area contributed by atoms with Gasteiger partial charge in [0.05, 0.1) is 16.6 Å². The Morgan fingerprint density at radius 1 is 1.20 bits per heavy atom. The van der Waals surface area contributed by atoms with Crippen molar-refractivity contribution >= 4 is 27.5 Å². The summed E-state index contributed by atoms with van der Waals surface area (Å²) in [4.78, 5) is 12.3. The van der Waals surface area contributed by atoms with Gasteiger partial charge in [-0.15, -0.1) is 0 Å². The highest BCUT2D eigenvalue weighted by atomic mass is 79.9. The van der Waals surface area contributed by atoms with E-state index in [1.54, 1.807) is 18.2 Å². The molecule has 0 radical (unpaired) electrons. The predicted molar refractivity (Wildman–Crippen MR) is 93.9 cm³/mol. The van der Waals surface area contributed by atoms with Gasteiger partial charge in [-0.3, -0.25) is 4.79 Å². The molecule has 134 valence electrons. The van der Waals surface area contributed by atoms with E-state index in [9.17, 15) is 18.0 Å². The van der Waals surface area contributed by atoms with Crippen molar-refractivity contribution in [2.45, 2.75) is 20.0 Å². The van der Waals surface area contributed by atoms with Crippen molar-refractivity contribution in [3.8, 4) is 5.75 Å². The molecule has 0 saturated carbocycles. The summed E-state index contributed by atoms with van der Waals surface area (Å²) in [5.41, 5.74) is -0.429. The average molecular weight is 416 g/mol. The molecular weight excluding hydrogens is 399 g/mol. The largest absolute Gasteiger partial charge is 0.492 e. The number of nitrogens with one attached hydrogen (secondary N) is 1. The quantitative estimate of drug-likeness (QED) is 0.674. The Morgan fingerprint density at radius 2 is 1.92 bits per heavy atom. The fraction of sp³-hybridized carbons (Fsp3) is 0.278. The van der Waals surface area contributed by atoms with Crippen LogP contribution in [0, 0.1) is 5.92 Å². The average Bonchev–Trinajstić information content (AvgIpc) is 2.53. The minimum absolute atomic E-state index is 0.0797. The van der Waals surface area contributed by atoms with Crippen LogP contribution < -0.4 is 10.1 Å². The first-order chi connectivity index (χ1) is 11.7. The Bertz CT molecular complexity index is 760. The lowest BCUT2D eigenvalue weighted by Gasteiger charge is -2.12. The molecule has 0 spiro atoms. The van der Waals surface area contributed by atoms with E-state index in [1.165, 1.54) is 12.1 Å². The topological polar surface area (TPSA) is 38.3 Å². The Hall–Kier alpha value is -2.02. The van der Waals surface area contributed by atoms with Gasteiger partial charge in [0.2, 0.25) is 0 Å². The zero-order valence-electron chi connectivity index (χ0n) is 13.7. The lowest BCUT2D eigenvalue weighted by molar-refractivity contribution is -0.137. The van der Waals surface area contributed by atoms with Gasteiger partial charge in [0, 0.05) is 11.3 Å². The van der Waals surface area contributed by atoms with Gasteiger partial charge in [-0.2, -0.15) is 13.2 Å². The van der Waals surface area contributed by atoms with Crippen LogP contribution in [0.3, 0.4) is 0 Å². The molecule has 0 unspecified atom stereocenters. The molecule has 0 saturated heterocycles. The smallest absolute Gasteiger partial charge is 0.416 e. The number of amides is 1. The van der Waals surface area contributed by atoms with Gasteiger partial charge in [-0.05, 0) is 58.2 Å². The van der Waals surface area contributed by atoms with Gasteiger partial charge in [-0.1, -0.05) is 19.9 Å². The molecule has 2 rings (SSSR count). The van der Waals surface area contributed by atoms with Crippen LogP contribution >= 0.6 is 15.9 Å². The van der Waals surface area contributed by atoms with Crippen molar-refractivity contribution in [2.75, 3.05) is 11.9 Å². The second-order valence-corrected chi connectivity index (χ2v) is 6.74. The zero-order valence-corrected chi connectivity index (χ0v) is 15.2. The van der Waals surface area contributed by atoms with Crippen LogP contribution in [0.2, 0.25) is 0 Å². The molecular formula is C18H17BrF3NO2. The molecule has 2 aromatic rings. The second kappa shape index (κ2) is 7.91. The molecule has 7 heteroatoms. The first-order valence-electron chi connectivity index (χ1n) is 7.58. The molecule has 25 heavy (non-hydrogen) atoms. The zero-order chi connectivity index (χ0) is 18.6. The van der Waals surface area contributed by atoms with Crippen molar-refractivity contribution in [3.05, 3.63) is 58.1 Å². The van der Waals surface area contributed by atoms with Crippen LogP contribution in [-0.4, -0.2) is 12.5 Å². The van der Waals surface area contributed by atoms with E-state index in [1.807, 2.05) is 13.8 Å². The highest BCUT2D eigenvalue weighted by molar-refractivity contribution is 9.10. The van der Waals surface area contributed by atoms with Gasteiger partial charge >= 0.3 is 6.18 Å². The number of ether oxygens (including phenoxy) is 1. The first kappa shape index (κ1) is 19.3. The molecule has 2 aromatic carbocycles. The maximum Gasteiger partial charge on any atom is 0.416 e. The third-order valence-corrected chi connectivity index (χ3v) is 3.83. The predicted octanol–water partition coefficient (Wildman–Crippen LogP) is 5.76. The summed E-state index contributed by atoms with van der Waals surface area (Å²) < 4.78 is 44.4. The summed E-state index contributed by atoms with van der Waals surface area (Å²) in [6.45, 7) is 4.57. The lowest BCUT2D eigenvalue weighted by Crippen LogP contribution is -2.13. The van der Waals surface area contributed by atoms with E-state index in [2.05, 4.69) is 21.2 Å². The fourth-order valence-corrected chi connectivity index (χ4v) is 2.49. The molecule has 3 nitrogen and oxygen atoms in total. The summed E-state index contributed by atoms with van der Waals surface area (Å²) in [6, 6.07) is 9.27. The molecule has 0 fully saturated rings. The summed E-state index contributed by atoms with van der Waals surface area (Å²) in [7, 11) is 0. The third kappa shape index (κ3) is 5.49. The van der Waals surface area contributed by atoms with Crippen molar-refractivity contribution in [3.63, 3.8) is 0 Å². The van der Waals surface area contributed by atoms with Crippen molar-refractivity contribution in [1.29, 1.82) is 0 Å². The minimum atomic E-state index is -4.46. The molecule has 1 N–H and O–H groups in total. The van der Waals surface area contributed by atoms with E-state index in [4.69, 9.17) is 4.74 Å². The molecule has 1 amide bonds. The monoisotopic (exact) mass is 415 g/mol. The van der Waals surface area contributed by atoms with Crippen LogP contribution in [0.25, 0.3) is 0 Å².